The van der Waals surface area contributed by atoms with Crippen molar-refractivity contribution in [1.82, 2.24) is 9.88 Å². The fraction of sp³-hybridized carbons (Fsp3) is 0.381. The molecule has 0 bridgehead atoms. The molecule has 152 valence electrons. The van der Waals surface area contributed by atoms with Gasteiger partial charge in [0.25, 0.3) is 5.91 Å². The van der Waals surface area contributed by atoms with E-state index in [0.29, 0.717) is 32.7 Å². The summed E-state index contributed by atoms with van der Waals surface area (Å²) in [6.45, 7) is 7.00. The van der Waals surface area contributed by atoms with Crippen LogP contribution in [0.2, 0.25) is 0 Å². The second kappa shape index (κ2) is 7.69. The highest BCUT2D eigenvalue weighted by molar-refractivity contribution is 5.96. The summed E-state index contributed by atoms with van der Waals surface area (Å²) in [7, 11) is 0. The molecule has 1 aromatic heterocycles. The molecule has 2 saturated heterocycles. The van der Waals surface area contributed by atoms with E-state index < -0.39 is 11.9 Å². The van der Waals surface area contributed by atoms with Crippen LogP contribution in [0.15, 0.2) is 30.5 Å². The van der Waals surface area contributed by atoms with E-state index in [4.69, 9.17) is 4.74 Å². The van der Waals surface area contributed by atoms with Crippen molar-refractivity contribution in [3.63, 3.8) is 0 Å². The van der Waals surface area contributed by atoms with Crippen LogP contribution in [0.4, 0.5) is 20.7 Å². The van der Waals surface area contributed by atoms with E-state index >= 15 is 0 Å². The Morgan fingerprint density at radius 1 is 1.10 bits per heavy atom. The molecule has 29 heavy (non-hydrogen) atoms. The minimum Gasteiger partial charge on any atom is -0.447 e. The molecule has 2 aliphatic heterocycles. The van der Waals surface area contributed by atoms with Gasteiger partial charge in [-0.25, -0.2) is 14.2 Å². The monoisotopic (exact) mass is 398 g/mol. The zero-order valence-corrected chi connectivity index (χ0v) is 16.5. The van der Waals surface area contributed by atoms with Gasteiger partial charge in [0.2, 0.25) is 0 Å². The molecule has 0 saturated carbocycles. The van der Waals surface area contributed by atoms with Crippen molar-refractivity contribution in [2.45, 2.75) is 13.8 Å². The fourth-order valence-corrected chi connectivity index (χ4v) is 3.81. The Morgan fingerprint density at radius 3 is 2.48 bits per heavy atom. The number of pyridine rings is 1. The molecule has 1 aromatic carbocycles. The SMILES string of the molecule is Cc1cnc(N2CCN(C(=O)c3ccc(N4CCOC4=O)c(F)c3)CC2)c(C)c1. The maximum absolute atomic E-state index is 14.5. The molecule has 3 heterocycles. The molecular weight excluding hydrogens is 375 g/mol. The van der Waals surface area contributed by atoms with Crippen molar-refractivity contribution in [1.29, 1.82) is 0 Å². The van der Waals surface area contributed by atoms with E-state index in [1.165, 1.54) is 17.0 Å². The van der Waals surface area contributed by atoms with Crippen LogP contribution in [0.5, 0.6) is 0 Å². The van der Waals surface area contributed by atoms with Gasteiger partial charge in [-0.3, -0.25) is 9.69 Å². The molecule has 0 atom stereocenters. The minimum atomic E-state index is -0.604. The van der Waals surface area contributed by atoms with Gasteiger partial charge in [-0.1, -0.05) is 6.07 Å². The number of cyclic esters (lactones) is 1. The number of carbonyl (C=O) groups excluding carboxylic acids is 2. The minimum absolute atomic E-state index is 0.134. The van der Waals surface area contributed by atoms with Crippen molar-refractivity contribution in [2.24, 2.45) is 0 Å². The number of aryl methyl sites for hydroxylation is 2. The van der Waals surface area contributed by atoms with E-state index in [1.807, 2.05) is 20.0 Å². The molecule has 0 N–H and O–H groups in total. The molecular formula is C21H23FN4O3. The highest BCUT2D eigenvalue weighted by Crippen LogP contribution is 2.25. The third-order valence-electron chi connectivity index (χ3n) is 5.30. The molecule has 2 aliphatic rings. The van der Waals surface area contributed by atoms with E-state index in [9.17, 15) is 14.0 Å². The molecule has 0 aliphatic carbocycles. The fourth-order valence-electron chi connectivity index (χ4n) is 3.81. The first kappa shape index (κ1) is 19.2. The highest BCUT2D eigenvalue weighted by atomic mass is 19.1. The molecule has 8 heteroatoms. The summed E-state index contributed by atoms with van der Waals surface area (Å²) in [5.74, 6) is 0.121. The molecule has 2 aromatic rings. The maximum Gasteiger partial charge on any atom is 0.414 e. The van der Waals surface area contributed by atoms with Crippen molar-refractivity contribution in [2.75, 3.05) is 49.1 Å². The van der Waals surface area contributed by atoms with E-state index in [1.54, 1.807) is 11.0 Å². The molecule has 0 unspecified atom stereocenters. The first-order valence-corrected chi connectivity index (χ1v) is 9.65. The molecule has 0 radical (unpaired) electrons. The van der Waals surface area contributed by atoms with Crippen LogP contribution >= 0.6 is 0 Å². The van der Waals surface area contributed by atoms with Gasteiger partial charge in [0.1, 0.15) is 18.2 Å². The Labute approximate surface area is 168 Å². The standard InChI is InChI=1S/C21H23FN4O3/c1-14-11-15(2)19(23-13-14)24-5-7-25(8-6-24)20(27)16-3-4-18(17(22)12-16)26-9-10-29-21(26)28/h3-4,11-13H,5-10H2,1-2H3. The van der Waals surface area contributed by atoms with Crippen LogP contribution in [-0.4, -0.2) is 61.2 Å². The number of piperazine rings is 1. The normalized spacial score (nSPS) is 16.9. The number of aromatic nitrogens is 1. The lowest BCUT2D eigenvalue weighted by atomic mass is 10.1. The molecule has 0 spiro atoms. The lowest BCUT2D eigenvalue weighted by Gasteiger charge is -2.36. The summed E-state index contributed by atoms with van der Waals surface area (Å²) in [6.07, 6.45) is 1.28. The smallest absolute Gasteiger partial charge is 0.414 e. The maximum atomic E-state index is 14.5. The van der Waals surface area contributed by atoms with Crippen LogP contribution in [-0.2, 0) is 4.74 Å². The van der Waals surface area contributed by atoms with Crippen LogP contribution < -0.4 is 9.80 Å². The third-order valence-corrected chi connectivity index (χ3v) is 5.30. The van der Waals surface area contributed by atoms with Gasteiger partial charge in [0, 0.05) is 37.9 Å². The number of amides is 2. The Bertz CT molecular complexity index is 957. The molecule has 2 amide bonds. The number of nitrogens with zero attached hydrogens (tertiary/aromatic N) is 4. The van der Waals surface area contributed by atoms with Crippen molar-refractivity contribution < 1.29 is 18.7 Å². The van der Waals surface area contributed by atoms with E-state index in [2.05, 4.69) is 16.0 Å². The number of anilines is 2. The number of ether oxygens (including phenoxy) is 1. The first-order chi connectivity index (χ1) is 13.9. The van der Waals surface area contributed by atoms with Gasteiger partial charge in [0.05, 0.1) is 12.2 Å². The number of benzene rings is 1. The van der Waals surface area contributed by atoms with Crippen molar-refractivity contribution >= 4 is 23.5 Å². The van der Waals surface area contributed by atoms with Crippen molar-refractivity contribution in [3.8, 4) is 0 Å². The predicted molar refractivity (Wildman–Crippen MR) is 107 cm³/mol. The third kappa shape index (κ3) is 3.74. The number of hydrogen-bond donors (Lipinski definition) is 0. The first-order valence-electron chi connectivity index (χ1n) is 9.65. The average Bonchev–Trinajstić information content (AvgIpc) is 3.13. The Hall–Kier alpha value is -3.16. The number of rotatable bonds is 3. The average molecular weight is 398 g/mol. The van der Waals surface area contributed by atoms with Crippen LogP contribution in [0.1, 0.15) is 21.5 Å². The lowest BCUT2D eigenvalue weighted by molar-refractivity contribution is 0.0746. The summed E-state index contributed by atoms with van der Waals surface area (Å²) < 4.78 is 19.4. The lowest BCUT2D eigenvalue weighted by Crippen LogP contribution is -2.49. The Morgan fingerprint density at radius 2 is 1.86 bits per heavy atom. The largest absolute Gasteiger partial charge is 0.447 e. The van der Waals surface area contributed by atoms with E-state index in [0.717, 1.165) is 16.9 Å². The summed E-state index contributed by atoms with van der Waals surface area (Å²) in [5.41, 5.74) is 2.64. The zero-order valence-electron chi connectivity index (χ0n) is 16.5. The van der Waals surface area contributed by atoms with Crippen LogP contribution in [0, 0.1) is 19.7 Å². The second-order valence-corrected chi connectivity index (χ2v) is 7.36. The predicted octanol–water partition coefficient (Wildman–Crippen LogP) is 2.76. The topological polar surface area (TPSA) is 66.0 Å². The molecule has 2 fully saturated rings. The zero-order chi connectivity index (χ0) is 20.5. The Balaban J connectivity index is 1.43. The van der Waals surface area contributed by atoms with Crippen LogP contribution in [0.25, 0.3) is 0 Å². The molecule has 4 rings (SSSR count). The highest BCUT2D eigenvalue weighted by Gasteiger charge is 2.28. The number of halogens is 1. The van der Waals surface area contributed by atoms with Crippen LogP contribution in [0.3, 0.4) is 0 Å². The van der Waals surface area contributed by atoms with Gasteiger partial charge >= 0.3 is 6.09 Å². The summed E-state index contributed by atoms with van der Waals surface area (Å²) in [4.78, 5) is 34.1. The molecule has 7 nitrogen and oxygen atoms in total. The van der Waals surface area contributed by atoms with Crippen molar-refractivity contribution in [3.05, 3.63) is 53.0 Å². The summed E-state index contributed by atoms with van der Waals surface area (Å²) in [5, 5.41) is 0. The Kier molecular flexibility index (Phi) is 5.08. The van der Waals surface area contributed by atoms with Gasteiger partial charge < -0.3 is 14.5 Å². The van der Waals surface area contributed by atoms with Gasteiger partial charge in [-0.05, 0) is 43.2 Å². The summed E-state index contributed by atoms with van der Waals surface area (Å²) >= 11 is 0. The second-order valence-electron chi connectivity index (χ2n) is 7.36. The quantitative estimate of drug-likeness (QED) is 0.796. The van der Waals surface area contributed by atoms with Gasteiger partial charge in [-0.2, -0.15) is 0 Å². The number of hydrogen-bond acceptors (Lipinski definition) is 5. The van der Waals surface area contributed by atoms with E-state index in [-0.39, 0.29) is 23.8 Å². The van der Waals surface area contributed by atoms with Gasteiger partial charge in [0.15, 0.2) is 0 Å². The van der Waals surface area contributed by atoms with Gasteiger partial charge in [-0.15, -0.1) is 0 Å². The summed E-state index contributed by atoms with van der Waals surface area (Å²) in [6, 6.07) is 6.32. The number of carbonyl (C=O) groups is 2.